The second-order valence-electron chi connectivity index (χ2n) is 3.01. The maximum atomic E-state index is 11.6. The first-order valence-corrected chi connectivity index (χ1v) is 6.10. The molecule has 0 aliphatic rings. The Hall–Kier alpha value is -1.63. The Bertz CT molecular complexity index is 482. The van der Waals surface area contributed by atoms with Gasteiger partial charge in [0.05, 0.1) is 19.3 Å². The fraction of sp³-hybridized carbons (Fsp3) is 0.333. The molecule has 1 rings (SSSR count). The van der Waals surface area contributed by atoms with Gasteiger partial charge in [0, 0.05) is 12.1 Å². The molecule has 6 nitrogen and oxygen atoms in total. The molecule has 1 heterocycles. The summed E-state index contributed by atoms with van der Waals surface area (Å²) < 4.78 is 27.9. The van der Waals surface area contributed by atoms with Crippen molar-refractivity contribution in [3.05, 3.63) is 29.6 Å². The van der Waals surface area contributed by atoms with E-state index < -0.39 is 21.6 Å². The fourth-order valence-corrected chi connectivity index (χ4v) is 2.34. The summed E-state index contributed by atoms with van der Waals surface area (Å²) in [6.45, 7) is 0. The van der Waals surface area contributed by atoms with Crippen molar-refractivity contribution >= 4 is 15.8 Å². The maximum absolute atomic E-state index is 11.6. The molecule has 16 heavy (non-hydrogen) atoms. The number of sulfone groups is 1. The lowest BCUT2D eigenvalue weighted by Gasteiger charge is -2.04. The molecule has 0 fully saturated rings. The molecule has 0 bridgehead atoms. The van der Waals surface area contributed by atoms with E-state index in [1.807, 2.05) is 0 Å². The quantitative estimate of drug-likeness (QED) is 0.411. The van der Waals surface area contributed by atoms with Crippen LogP contribution in [0.1, 0.15) is 6.42 Å². The number of rotatable bonds is 4. The van der Waals surface area contributed by atoms with Crippen LogP contribution in [-0.4, -0.2) is 27.2 Å². The molecular weight excluding hydrogens is 234 g/mol. The SMILES string of the molecule is COC(=O)CCS(=O)(=O)c1cccc[n+]1[O-]. The molecule has 0 aliphatic heterocycles. The smallest absolute Gasteiger partial charge is 0.308 e. The van der Waals surface area contributed by atoms with E-state index in [4.69, 9.17) is 0 Å². The van der Waals surface area contributed by atoms with Gasteiger partial charge in [-0.25, -0.2) is 8.42 Å². The Kier molecular flexibility index (Phi) is 3.83. The van der Waals surface area contributed by atoms with Gasteiger partial charge in [-0.2, -0.15) is 4.73 Å². The summed E-state index contributed by atoms with van der Waals surface area (Å²) in [5.41, 5.74) is 0. The average molecular weight is 245 g/mol. The normalized spacial score (nSPS) is 11.1. The summed E-state index contributed by atoms with van der Waals surface area (Å²) in [5.74, 6) is -1.07. The van der Waals surface area contributed by atoms with Crippen molar-refractivity contribution in [1.29, 1.82) is 0 Å². The highest BCUT2D eigenvalue weighted by Gasteiger charge is 2.24. The van der Waals surface area contributed by atoms with E-state index in [0.29, 0.717) is 0 Å². The van der Waals surface area contributed by atoms with Crippen LogP contribution in [0.25, 0.3) is 0 Å². The fourth-order valence-electron chi connectivity index (χ4n) is 1.08. The van der Waals surface area contributed by atoms with Crippen molar-refractivity contribution in [1.82, 2.24) is 0 Å². The van der Waals surface area contributed by atoms with E-state index in [1.165, 1.54) is 25.3 Å². The van der Waals surface area contributed by atoms with Crippen molar-refractivity contribution in [3.63, 3.8) is 0 Å². The predicted molar refractivity (Wildman–Crippen MR) is 54.1 cm³/mol. The van der Waals surface area contributed by atoms with E-state index >= 15 is 0 Å². The van der Waals surface area contributed by atoms with Crippen LogP contribution in [0.2, 0.25) is 0 Å². The second-order valence-corrected chi connectivity index (χ2v) is 5.07. The van der Waals surface area contributed by atoms with E-state index in [1.54, 1.807) is 0 Å². The molecule has 7 heteroatoms. The standard InChI is InChI=1S/C9H11NO5S/c1-15-9(11)5-7-16(13,14)8-4-2-3-6-10(8)12/h2-4,6H,5,7H2,1H3. The monoisotopic (exact) mass is 245 g/mol. The zero-order valence-electron chi connectivity index (χ0n) is 8.62. The van der Waals surface area contributed by atoms with Gasteiger partial charge in [0.2, 0.25) is 9.84 Å². The third kappa shape index (κ3) is 2.93. The van der Waals surface area contributed by atoms with Crippen molar-refractivity contribution in [2.24, 2.45) is 0 Å². The summed E-state index contributed by atoms with van der Waals surface area (Å²) >= 11 is 0. The minimum Gasteiger partial charge on any atom is -0.618 e. The molecule has 0 spiro atoms. The molecule has 0 N–H and O–H groups in total. The number of aromatic nitrogens is 1. The number of carbonyl (C=O) groups excluding carboxylic acids is 1. The molecule has 0 aromatic carbocycles. The Morgan fingerprint density at radius 3 is 2.75 bits per heavy atom. The molecule has 88 valence electrons. The van der Waals surface area contributed by atoms with E-state index in [9.17, 15) is 18.4 Å². The van der Waals surface area contributed by atoms with Crippen molar-refractivity contribution < 1.29 is 22.7 Å². The van der Waals surface area contributed by atoms with Gasteiger partial charge >= 0.3 is 11.0 Å². The average Bonchev–Trinajstić information content (AvgIpc) is 2.26. The summed E-state index contributed by atoms with van der Waals surface area (Å²) in [6.07, 6.45) is 0.818. The van der Waals surface area contributed by atoms with Crippen LogP contribution < -0.4 is 4.73 Å². The van der Waals surface area contributed by atoms with Gasteiger partial charge < -0.3 is 9.94 Å². The lowest BCUT2D eigenvalue weighted by Crippen LogP contribution is -2.34. The summed E-state index contributed by atoms with van der Waals surface area (Å²) in [6, 6.07) is 4.06. The number of esters is 1. The van der Waals surface area contributed by atoms with Gasteiger partial charge in [0.15, 0.2) is 6.20 Å². The molecule has 1 aromatic rings. The highest BCUT2D eigenvalue weighted by atomic mass is 32.2. The van der Waals surface area contributed by atoms with Gasteiger partial charge in [0.1, 0.15) is 0 Å². The second kappa shape index (κ2) is 4.93. The Morgan fingerprint density at radius 1 is 1.50 bits per heavy atom. The van der Waals surface area contributed by atoms with E-state index in [0.717, 1.165) is 6.20 Å². The topological polar surface area (TPSA) is 87.4 Å². The van der Waals surface area contributed by atoms with Gasteiger partial charge in [-0.05, 0) is 6.07 Å². The highest BCUT2D eigenvalue weighted by molar-refractivity contribution is 7.91. The Morgan fingerprint density at radius 2 is 2.19 bits per heavy atom. The largest absolute Gasteiger partial charge is 0.618 e. The van der Waals surface area contributed by atoms with Gasteiger partial charge in [-0.1, -0.05) is 0 Å². The van der Waals surface area contributed by atoms with Gasteiger partial charge in [-0.15, -0.1) is 0 Å². The van der Waals surface area contributed by atoms with Gasteiger partial charge in [0.25, 0.3) is 0 Å². The zero-order chi connectivity index (χ0) is 12.2. The third-order valence-electron chi connectivity index (χ3n) is 1.91. The molecular formula is C9H11NO5S. The van der Waals surface area contributed by atoms with Crippen LogP contribution in [0.4, 0.5) is 0 Å². The number of carbonyl (C=O) groups is 1. The third-order valence-corrected chi connectivity index (χ3v) is 3.60. The van der Waals surface area contributed by atoms with Crippen LogP contribution >= 0.6 is 0 Å². The first-order chi connectivity index (χ1) is 7.47. The highest BCUT2D eigenvalue weighted by Crippen LogP contribution is 2.06. The number of hydrogen-bond acceptors (Lipinski definition) is 5. The predicted octanol–water partition coefficient (Wildman–Crippen LogP) is -0.343. The molecule has 0 atom stereocenters. The van der Waals surface area contributed by atoms with Gasteiger partial charge in [-0.3, -0.25) is 4.79 Å². The lowest BCUT2D eigenvalue weighted by atomic mass is 10.5. The summed E-state index contributed by atoms with van der Waals surface area (Å²) in [5, 5.41) is 10.8. The molecule has 1 aromatic heterocycles. The zero-order valence-corrected chi connectivity index (χ0v) is 9.44. The Balaban J connectivity index is 2.87. The molecule has 0 radical (unpaired) electrons. The van der Waals surface area contributed by atoms with Crippen LogP contribution in [0.5, 0.6) is 0 Å². The van der Waals surface area contributed by atoms with Crippen molar-refractivity contribution in [3.8, 4) is 0 Å². The summed E-state index contributed by atoms with van der Waals surface area (Å²) in [4.78, 5) is 10.8. The Labute approximate surface area is 93.0 Å². The summed E-state index contributed by atoms with van der Waals surface area (Å²) in [7, 11) is -2.57. The number of ether oxygens (including phenoxy) is 1. The molecule has 0 saturated carbocycles. The minimum absolute atomic E-state index is 0.257. The first kappa shape index (κ1) is 12.4. The lowest BCUT2D eigenvalue weighted by molar-refractivity contribution is -0.646. The van der Waals surface area contributed by atoms with Crippen molar-refractivity contribution in [2.45, 2.75) is 11.4 Å². The van der Waals surface area contributed by atoms with E-state index in [2.05, 4.69) is 4.74 Å². The first-order valence-electron chi connectivity index (χ1n) is 4.45. The number of nitrogens with zero attached hydrogens (tertiary/aromatic N) is 1. The minimum atomic E-state index is -3.75. The number of hydrogen-bond donors (Lipinski definition) is 0. The van der Waals surface area contributed by atoms with Crippen LogP contribution in [0, 0.1) is 5.21 Å². The van der Waals surface area contributed by atoms with Crippen LogP contribution in [0.15, 0.2) is 29.4 Å². The van der Waals surface area contributed by atoms with Crippen LogP contribution in [-0.2, 0) is 19.4 Å². The molecule has 0 saturated heterocycles. The number of methoxy groups -OCH3 is 1. The van der Waals surface area contributed by atoms with Crippen LogP contribution in [0.3, 0.4) is 0 Å². The molecule has 0 amide bonds. The maximum Gasteiger partial charge on any atom is 0.308 e. The van der Waals surface area contributed by atoms with E-state index in [-0.39, 0.29) is 16.2 Å². The molecule has 0 aliphatic carbocycles. The van der Waals surface area contributed by atoms with Crippen molar-refractivity contribution in [2.75, 3.05) is 12.9 Å². The molecule has 0 unspecified atom stereocenters. The number of pyridine rings is 1.